The molecule has 11 heteroatoms. The van der Waals surface area contributed by atoms with Crippen molar-refractivity contribution in [2.24, 2.45) is 17.4 Å². The lowest BCUT2D eigenvalue weighted by molar-refractivity contribution is -0.121. The van der Waals surface area contributed by atoms with Gasteiger partial charge in [-0.2, -0.15) is 0 Å². The van der Waals surface area contributed by atoms with Gasteiger partial charge in [0.2, 0.25) is 12.3 Å². The van der Waals surface area contributed by atoms with Gasteiger partial charge in [-0.05, 0) is 50.3 Å². The van der Waals surface area contributed by atoms with Gasteiger partial charge >= 0.3 is 0 Å². The van der Waals surface area contributed by atoms with E-state index in [4.69, 9.17) is 16.2 Å². The summed E-state index contributed by atoms with van der Waals surface area (Å²) < 4.78 is 5.66. The number of nitrogens with zero attached hydrogens (tertiary/aromatic N) is 2. The third-order valence-electron chi connectivity index (χ3n) is 6.67. The predicted molar refractivity (Wildman–Crippen MR) is 191 cm³/mol. The molecule has 0 unspecified atom stereocenters. The van der Waals surface area contributed by atoms with Crippen LogP contribution in [0.1, 0.15) is 59.1 Å². The number of hydrogen-bond acceptors (Lipinski definition) is 8. The van der Waals surface area contributed by atoms with Crippen molar-refractivity contribution < 1.29 is 19.1 Å². The Labute approximate surface area is 280 Å². The number of likely N-dealkylation sites (N-methyl/N-ethyl adjacent to an activating group) is 2. The van der Waals surface area contributed by atoms with Crippen LogP contribution in [0.4, 0.5) is 5.69 Å². The SMILES string of the molecule is CC.CC.CN(C=O)CC1=CCCC=C1.CNC(=O)/C(N)=C(/C=C(\N)NC(=O)C1CC1)Nc1cccc(-c2ccc(C)nc2)c1OC. The third kappa shape index (κ3) is 13.4. The zero-order chi connectivity index (χ0) is 35.4. The molecule has 1 aromatic heterocycles. The summed E-state index contributed by atoms with van der Waals surface area (Å²) in [6.45, 7) is 10.6. The van der Waals surface area contributed by atoms with Crippen molar-refractivity contribution >= 4 is 23.9 Å². The van der Waals surface area contributed by atoms with E-state index in [9.17, 15) is 14.4 Å². The minimum absolute atomic E-state index is 0.0153. The molecular weight excluding hydrogens is 594 g/mol. The molecule has 1 fully saturated rings. The number of nitrogens with two attached hydrogens (primary N) is 2. The van der Waals surface area contributed by atoms with Crippen molar-refractivity contribution in [2.75, 3.05) is 33.1 Å². The van der Waals surface area contributed by atoms with Crippen molar-refractivity contribution in [3.63, 3.8) is 0 Å². The van der Waals surface area contributed by atoms with Gasteiger partial charge in [0.15, 0.2) is 0 Å². The quantitative estimate of drug-likeness (QED) is 0.127. The van der Waals surface area contributed by atoms with Crippen LogP contribution in [0.3, 0.4) is 0 Å². The molecular formula is C36H53N7O4. The summed E-state index contributed by atoms with van der Waals surface area (Å²) in [5.41, 5.74) is 16.6. The van der Waals surface area contributed by atoms with Crippen molar-refractivity contribution in [1.82, 2.24) is 20.5 Å². The van der Waals surface area contributed by atoms with Crippen LogP contribution in [0.5, 0.6) is 5.75 Å². The summed E-state index contributed by atoms with van der Waals surface area (Å²) in [6, 6.07) is 9.40. The Kier molecular flexibility index (Phi) is 18.4. The number of hydrogen-bond donors (Lipinski definition) is 5. The highest BCUT2D eigenvalue weighted by atomic mass is 16.5. The van der Waals surface area contributed by atoms with Gasteiger partial charge < -0.3 is 37.1 Å². The highest BCUT2D eigenvalue weighted by molar-refractivity contribution is 5.94. The molecule has 4 rings (SSSR count). The van der Waals surface area contributed by atoms with Crippen LogP contribution < -0.4 is 32.2 Å². The van der Waals surface area contributed by atoms with E-state index < -0.39 is 5.91 Å². The minimum Gasteiger partial charge on any atom is -0.494 e. The largest absolute Gasteiger partial charge is 0.494 e. The van der Waals surface area contributed by atoms with Gasteiger partial charge in [-0.25, -0.2) is 0 Å². The van der Waals surface area contributed by atoms with Crippen LogP contribution in [0.15, 0.2) is 83.6 Å². The molecule has 0 saturated heterocycles. The highest BCUT2D eigenvalue weighted by Crippen LogP contribution is 2.37. The molecule has 47 heavy (non-hydrogen) atoms. The fraction of sp³-hybridized carbons (Fsp3) is 0.389. The van der Waals surface area contributed by atoms with Crippen LogP contribution in [0, 0.1) is 12.8 Å². The van der Waals surface area contributed by atoms with Gasteiger partial charge in [0.1, 0.15) is 17.3 Å². The number of rotatable bonds is 11. The zero-order valence-electron chi connectivity index (χ0n) is 29.1. The lowest BCUT2D eigenvalue weighted by atomic mass is 10.0. The first-order chi connectivity index (χ1) is 22.7. The first-order valence-corrected chi connectivity index (χ1v) is 16.0. The number of para-hydroxylation sites is 1. The van der Waals surface area contributed by atoms with Crippen LogP contribution in [0.25, 0.3) is 11.1 Å². The van der Waals surface area contributed by atoms with Crippen LogP contribution in [-0.2, 0) is 14.4 Å². The first-order valence-electron chi connectivity index (χ1n) is 16.0. The minimum atomic E-state index is -0.497. The summed E-state index contributed by atoms with van der Waals surface area (Å²) >= 11 is 0. The molecule has 2 aliphatic carbocycles. The van der Waals surface area contributed by atoms with Crippen LogP contribution >= 0.6 is 0 Å². The second-order valence-electron chi connectivity index (χ2n) is 10.2. The average Bonchev–Trinajstić information content (AvgIpc) is 3.96. The Morgan fingerprint density at radius 1 is 1.09 bits per heavy atom. The van der Waals surface area contributed by atoms with Crippen LogP contribution in [-0.4, -0.2) is 55.9 Å². The Morgan fingerprint density at radius 2 is 1.79 bits per heavy atom. The molecule has 0 spiro atoms. The number of nitrogens with one attached hydrogen (secondary N) is 3. The molecule has 1 saturated carbocycles. The molecule has 0 aliphatic heterocycles. The van der Waals surface area contributed by atoms with Crippen molar-refractivity contribution in [1.29, 1.82) is 0 Å². The van der Waals surface area contributed by atoms with E-state index in [0.717, 1.165) is 55.5 Å². The first kappa shape index (κ1) is 40.0. The van der Waals surface area contributed by atoms with Gasteiger partial charge in [0, 0.05) is 55.7 Å². The van der Waals surface area contributed by atoms with Gasteiger partial charge in [-0.3, -0.25) is 19.4 Å². The Hall–Kier alpha value is -5.06. The second-order valence-corrected chi connectivity index (χ2v) is 10.2. The zero-order valence-corrected chi connectivity index (χ0v) is 29.1. The Bertz CT molecular complexity index is 1430. The number of aryl methyl sites for hydroxylation is 1. The number of carbonyl (C=O) groups excluding carboxylic acids is 3. The number of carbonyl (C=O) groups is 3. The summed E-state index contributed by atoms with van der Waals surface area (Å²) in [4.78, 5) is 40.5. The number of pyridine rings is 1. The number of anilines is 1. The summed E-state index contributed by atoms with van der Waals surface area (Å²) in [6.07, 6.45) is 14.4. The maximum atomic E-state index is 12.2. The lowest BCUT2D eigenvalue weighted by Crippen LogP contribution is -2.31. The number of ether oxygens (including phenoxy) is 1. The summed E-state index contributed by atoms with van der Waals surface area (Å²) in [5.74, 6) is -0.0482. The molecule has 1 aromatic carbocycles. The molecule has 1 heterocycles. The maximum Gasteiger partial charge on any atom is 0.269 e. The van der Waals surface area contributed by atoms with Crippen LogP contribution in [0.2, 0.25) is 0 Å². The third-order valence-corrected chi connectivity index (χ3v) is 6.67. The fourth-order valence-electron chi connectivity index (χ4n) is 4.18. The smallest absolute Gasteiger partial charge is 0.269 e. The molecule has 2 aromatic rings. The van der Waals surface area contributed by atoms with E-state index in [1.54, 1.807) is 31.3 Å². The van der Waals surface area contributed by atoms with Gasteiger partial charge in [0.05, 0.1) is 18.5 Å². The van der Waals surface area contributed by atoms with Crippen molar-refractivity contribution in [2.45, 2.75) is 60.3 Å². The van der Waals surface area contributed by atoms with Gasteiger partial charge in [-0.1, -0.05) is 64.1 Å². The highest BCUT2D eigenvalue weighted by Gasteiger charge is 2.29. The van der Waals surface area contributed by atoms with E-state index in [2.05, 4.69) is 39.2 Å². The fourth-order valence-corrected chi connectivity index (χ4v) is 4.18. The number of allylic oxidation sites excluding steroid dienone is 3. The summed E-state index contributed by atoms with van der Waals surface area (Å²) in [7, 11) is 4.81. The van der Waals surface area contributed by atoms with Gasteiger partial charge in [0.25, 0.3) is 5.91 Å². The molecule has 0 bridgehead atoms. The molecule has 2 aliphatic rings. The lowest BCUT2D eigenvalue weighted by Gasteiger charge is -2.17. The van der Waals surface area contributed by atoms with E-state index in [1.807, 2.05) is 58.9 Å². The molecule has 7 N–H and O–H groups in total. The molecule has 256 valence electrons. The number of benzene rings is 1. The van der Waals surface area contributed by atoms with E-state index >= 15 is 0 Å². The number of methoxy groups -OCH3 is 1. The standard InChI is InChI=1S/C23H28N6O3.C9H13NO.2C2H6/c1-13-7-8-15(12-27-13)16-5-4-6-17(21(16)32-3)28-18(20(25)23(31)26-2)11-19(24)29-22(30)14-9-10-14;1-10(8-11)7-9-5-3-2-4-6-9;2*1-2/h4-8,11-12,14,28H,9-10,24-25H2,1-3H3,(H,26,31)(H,29,30);3,5-6,8H,2,4,7H2,1H3;2*1-2H3/b19-11+,20-18+;;;. The second kappa shape index (κ2) is 21.6. The van der Waals surface area contributed by atoms with Crippen molar-refractivity contribution in [3.05, 3.63) is 89.3 Å². The molecule has 0 radical (unpaired) electrons. The van der Waals surface area contributed by atoms with E-state index in [-0.39, 0.29) is 29.0 Å². The Balaban J connectivity index is 0.000000615. The molecule has 3 amide bonds. The Morgan fingerprint density at radius 3 is 2.32 bits per heavy atom. The van der Waals surface area contributed by atoms with E-state index in [1.165, 1.54) is 18.7 Å². The number of amides is 3. The van der Waals surface area contributed by atoms with Gasteiger partial charge in [-0.15, -0.1) is 0 Å². The molecule has 11 nitrogen and oxygen atoms in total. The average molecular weight is 648 g/mol. The number of aromatic nitrogens is 1. The topological polar surface area (TPSA) is 165 Å². The summed E-state index contributed by atoms with van der Waals surface area (Å²) in [5, 5.41) is 8.25. The monoisotopic (exact) mass is 647 g/mol. The maximum absolute atomic E-state index is 12.2. The van der Waals surface area contributed by atoms with E-state index in [0.29, 0.717) is 11.4 Å². The predicted octanol–water partition coefficient (Wildman–Crippen LogP) is 5.12. The normalized spacial score (nSPS) is 13.7. The molecule has 0 atom stereocenters. The van der Waals surface area contributed by atoms with Crippen molar-refractivity contribution in [3.8, 4) is 16.9 Å².